The molecule has 0 spiro atoms. The zero-order chi connectivity index (χ0) is 15.8. The quantitative estimate of drug-likeness (QED) is 0.779. The van der Waals surface area contributed by atoms with E-state index in [0.29, 0.717) is 12.1 Å². The van der Waals surface area contributed by atoms with Crippen LogP contribution in [0.1, 0.15) is 43.0 Å². The van der Waals surface area contributed by atoms with Gasteiger partial charge in [-0.15, -0.1) is 0 Å². The molecule has 0 fully saturated rings. The Morgan fingerprint density at radius 2 is 1.86 bits per heavy atom. The molecule has 2 rings (SSSR count). The van der Waals surface area contributed by atoms with Crippen molar-refractivity contribution in [2.24, 2.45) is 0 Å². The molecule has 0 aliphatic carbocycles. The molecule has 0 aliphatic rings. The van der Waals surface area contributed by atoms with Gasteiger partial charge in [0.1, 0.15) is 5.82 Å². The van der Waals surface area contributed by atoms with Crippen molar-refractivity contribution >= 4 is 5.91 Å². The molecule has 22 heavy (non-hydrogen) atoms. The van der Waals surface area contributed by atoms with E-state index in [9.17, 15) is 9.18 Å². The summed E-state index contributed by atoms with van der Waals surface area (Å²) in [6.45, 7) is 2.84. The summed E-state index contributed by atoms with van der Waals surface area (Å²) in [7, 11) is 0. The molecule has 3 nitrogen and oxygen atoms in total. The van der Waals surface area contributed by atoms with Crippen molar-refractivity contribution in [3.63, 3.8) is 0 Å². The van der Waals surface area contributed by atoms with Crippen LogP contribution < -0.4 is 5.32 Å². The molecule has 0 aliphatic heterocycles. The summed E-state index contributed by atoms with van der Waals surface area (Å²) in [4.78, 5) is 16.2. The standard InChI is InChI=1S/C18H21FN2O/c1-2-3-4-5-10-21-18(22)16-11-15(12-20-13-16)14-6-8-17(19)9-7-14/h6-9,11-13H,2-5,10H2,1H3,(H,21,22). The summed E-state index contributed by atoms with van der Waals surface area (Å²) in [6, 6.07) is 7.94. The molecule has 1 amide bonds. The second-order valence-electron chi connectivity index (χ2n) is 5.29. The van der Waals surface area contributed by atoms with Crippen molar-refractivity contribution in [1.29, 1.82) is 0 Å². The third kappa shape index (κ3) is 4.65. The van der Waals surface area contributed by atoms with Gasteiger partial charge in [-0.25, -0.2) is 4.39 Å². The number of hydrogen-bond acceptors (Lipinski definition) is 2. The number of halogens is 1. The first-order valence-corrected chi connectivity index (χ1v) is 7.70. The highest BCUT2D eigenvalue weighted by Crippen LogP contribution is 2.19. The Bertz CT molecular complexity index is 611. The summed E-state index contributed by atoms with van der Waals surface area (Å²) < 4.78 is 13.0. The van der Waals surface area contributed by atoms with Crippen LogP contribution in [0.2, 0.25) is 0 Å². The molecule has 0 bridgehead atoms. The number of nitrogens with one attached hydrogen (secondary N) is 1. The fourth-order valence-electron chi connectivity index (χ4n) is 2.22. The topological polar surface area (TPSA) is 42.0 Å². The zero-order valence-electron chi connectivity index (χ0n) is 12.8. The van der Waals surface area contributed by atoms with Crippen LogP contribution in [-0.2, 0) is 0 Å². The molecule has 0 unspecified atom stereocenters. The molecule has 4 heteroatoms. The van der Waals surface area contributed by atoms with Gasteiger partial charge in [0, 0.05) is 24.5 Å². The van der Waals surface area contributed by atoms with E-state index in [0.717, 1.165) is 24.0 Å². The van der Waals surface area contributed by atoms with Gasteiger partial charge in [0.2, 0.25) is 0 Å². The number of benzene rings is 1. The van der Waals surface area contributed by atoms with Gasteiger partial charge in [0.25, 0.3) is 5.91 Å². The Morgan fingerprint density at radius 3 is 2.59 bits per heavy atom. The minimum atomic E-state index is -0.280. The van der Waals surface area contributed by atoms with Crippen molar-refractivity contribution in [3.8, 4) is 11.1 Å². The molecule has 0 saturated carbocycles. The van der Waals surface area contributed by atoms with Gasteiger partial charge in [0.05, 0.1) is 5.56 Å². The number of rotatable bonds is 7. The van der Waals surface area contributed by atoms with Gasteiger partial charge in [0.15, 0.2) is 0 Å². The Morgan fingerprint density at radius 1 is 1.09 bits per heavy atom. The third-order valence-electron chi connectivity index (χ3n) is 3.49. The zero-order valence-corrected chi connectivity index (χ0v) is 12.8. The average Bonchev–Trinajstić information content (AvgIpc) is 2.55. The van der Waals surface area contributed by atoms with Crippen LogP contribution in [0.15, 0.2) is 42.7 Å². The maximum absolute atomic E-state index is 13.0. The summed E-state index contributed by atoms with van der Waals surface area (Å²) in [5.74, 6) is -0.398. The lowest BCUT2D eigenvalue weighted by Crippen LogP contribution is -2.24. The van der Waals surface area contributed by atoms with Gasteiger partial charge in [-0.1, -0.05) is 38.3 Å². The SMILES string of the molecule is CCCCCCNC(=O)c1cncc(-c2ccc(F)cc2)c1. The van der Waals surface area contributed by atoms with E-state index in [2.05, 4.69) is 17.2 Å². The maximum atomic E-state index is 13.0. The summed E-state index contributed by atoms with van der Waals surface area (Å²) in [5.41, 5.74) is 2.17. The Labute approximate surface area is 130 Å². The fraction of sp³-hybridized carbons (Fsp3) is 0.333. The van der Waals surface area contributed by atoms with Crippen LogP contribution >= 0.6 is 0 Å². The van der Waals surface area contributed by atoms with Crippen LogP contribution in [0.5, 0.6) is 0 Å². The van der Waals surface area contributed by atoms with Crippen molar-refractivity contribution < 1.29 is 9.18 Å². The van der Waals surface area contributed by atoms with E-state index in [1.165, 1.54) is 25.0 Å². The van der Waals surface area contributed by atoms with Crippen LogP contribution in [-0.4, -0.2) is 17.4 Å². The van der Waals surface area contributed by atoms with Crippen molar-refractivity contribution in [2.45, 2.75) is 32.6 Å². The predicted octanol–water partition coefficient (Wildman–Crippen LogP) is 4.20. The second-order valence-corrected chi connectivity index (χ2v) is 5.29. The molecule has 0 atom stereocenters. The second kappa shape index (κ2) is 8.27. The largest absolute Gasteiger partial charge is 0.352 e. The fourth-order valence-corrected chi connectivity index (χ4v) is 2.22. The molecular weight excluding hydrogens is 279 g/mol. The molecule has 1 heterocycles. The van der Waals surface area contributed by atoms with Gasteiger partial charge in [-0.05, 0) is 30.2 Å². The first-order chi connectivity index (χ1) is 10.7. The number of amides is 1. The van der Waals surface area contributed by atoms with Crippen molar-refractivity contribution in [3.05, 3.63) is 54.1 Å². The van der Waals surface area contributed by atoms with E-state index < -0.39 is 0 Å². The number of aromatic nitrogens is 1. The van der Waals surface area contributed by atoms with Crippen LogP contribution in [0.4, 0.5) is 4.39 Å². The molecule has 1 aromatic heterocycles. The highest BCUT2D eigenvalue weighted by atomic mass is 19.1. The normalized spacial score (nSPS) is 10.5. The molecule has 116 valence electrons. The smallest absolute Gasteiger partial charge is 0.252 e. The minimum Gasteiger partial charge on any atom is -0.352 e. The van der Waals surface area contributed by atoms with Gasteiger partial charge in [-0.3, -0.25) is 9.78 Å². The minimum absolute atomic E-state index is 0.118. The van der Waals surface area contributed by atoms with Crippen LogP contribution in [0.25, 0.3) is 11.1 Å². The highest BCUT2D eigenvalue weighted by molar-refractivity contribution is 5.95. The summed E-state index contributed by atoms with van der Waals surface area (Å²) in [6.07, 6.45) is 7.71. The van der Waals surface area contributed by atoms with E-state index in [1.807, 2.05) is 0 Å². The van der Waals surface area contributed by atoms with Gasteiger partial charge in [-0.2, -0.15) is 0 Å². The Hall–Kier alpha value is -2.23. The molecule has 2 aromatic rings. The Balaban J connectivity index is 1.98. The molecule has 0 saturated heterocycles. The average molecular weight is 300 g/mol. The number of pyridine rings is 1. The molecule has 1 N–H and O–H groups in total. The van der Waals surface area contributed by atoms with Gasteiger partial charge >= 0.3 is 0 Å². The number of hydrogen-bond donors (Lipinski definition) is 1. The first-order valence-electron chi connectivity index (χ1n) is 7.70. The lowest BCUT2D eigenvalue weighted by molar-refractivity contribution is 0.0952. The number of nitrogens with zero attached hydrogens (tertiary/aromatic N) is 1. The molecule has 0 radical (unpaired) electrons. The first kappa shape index (κ1) is 16.1. The van der Waals surface area contributed by atoms with Gasteiger partial charge < -0.3 is 5.32 Å². The van der Waals surface area contributed by atoms with Crippen molar-refractivity contribution in [1.82, 2.24) is 10.3 Å². The third-order valence-corrected chi connectivity index (χ3v) is 3.49. The lowest BCUT2D eigenvalue weighted by atomic mass is 10.1. The number of carbonyl (C=O) groups excluding carboxylic acids is 1. The predicted molar refractivity (Wildman–Crippen MR) is 86.1 cm³/mol. The van der Waals surface area contributed by atoms with Crippen LogP contribution in [0, 0.1) is 5.82 Å². The molecule has 1 aromatic carbocycles. The summed E-state index contributed by atoms with van der Waals surface area (Å²) >= 11 is 0. The van der Waals surface area contributed by atoms with E-state index >= 15 is 0 Å². The lowest BCUT2D eigenvalue weighted by Gasteiger charge is -2.07. The van der Waals surface area contributed by atoms with Crippen LogP contribution in [0.3, 0.4) is 0 Å². The van der Waals surface area contributed by atoms with Crippen molar-refractivity contribution in [2.75, 3.05) is 6.54 Å². The highest BCUT2D eigenvalue weighted by Gasteiger charge is 2.07. The Kier molecular flexibility index (Phi) is 6.07. The number of carbonyl (C=O) groups is 1. The van der Waals surface area contributed by atoms with E-state index in [-0.39, 0.29) is 11.7 Å². The molecular formula is C18H21FN2O. The monoisotopic (exact) mass is 300 g/mol. The van der Waals surface area contributed by atoms with E-state index in [1.54, 1.807) is 30.6 Å². The summed E-state index contributed by atoms with van der Waals surface area (Å²) in [5, 5.41) is 2.91. The number of unbranched alkanes of at least 4 members (excludes halogenated alkanes) is 3. The van der Waals surface area contributed by atoms with E-state index in [4.69, 9.17) is 0 Å². The maximum Gasteiger partial charge on any atom is 0.252 e.